The van der Waals surface area contributed by atoms with Gasteiger partial charge in [0.25, 0.3) is 5.69 Å². The van der Waals surface area contributed by atoms with Crippen LogP contribution in [-0.4, -0.2) is 22.8 Å². The van der Waals surface area contributed by atoms with E-state index < -0.39 is 16.4 Å². The summed E-state index contributed by atoms with van der Waals surface area (Å²) >= 11 is 0. The molecule has 2 saturated carbocycles. The van der Waals surface area contributed by atoms with Crippen molar-refractivity contribution in [2.45, 2.75) is 32.8 Å². The molecule has 2 aliphatic carbocycles. The van der Waals surface area contributed by atoms with Gasteiger partial charge in [-0.05, 0) is 19.4 Å². The monoisotopic (exact) mass is 303 g/mol. The normalized spacial score (nSPS) is 31.5. The maximum Gasteiger partial charge on any atom is 0.302 e. The van der Waals surface area contributed by atoms with Gasteiger partial charge >= 0.3 is 5.97 Å². The number of non-ortho nitro benzene ring substituents is 1. The predicted octanol–water partition coefficient (Wildman–Crippen LogP) is 2.47. The standard InChI is InChI=1S/C16H17NO5/c1-8(18)22-15-13-11(12(13)14(19)16(15,2)3)9-4-6-10(7-5-9)17(20)21/h4-7,11-13,15H,1-3H3/t11-,12-,13+,15+/m0/s1. The van der Waals surface area contributed by atoms with Crippen LogP contribution in [0.2, 0.25) is 0 Å². The Kier molecular flexibility index (Phi) is 3.09. The number of hydrogen-bond acceptors (Lipinski definition) is 5. The summed E-state index contributed by atoms with van der Waals surface area (Å²) in [5.74, 6) is -0.465. The summed E-state index contributed by atoms with van der Waals surface area (Å²) in [5.41, 5.74) is 0.248. The largest absolute Gasteiger partial charge is 0.461 e. The predicted molar refractivity (Wildman–Crippen MR) is 77.2 cm³/mol. The van der Waals surface area contributed by atoms with Crippen molar-refractivity contribution in [1.82, 2.24) is 0 Å². The van der Waals surface area contributed by atoms with Gasteiger partial charge in [0.2, 0.25) is 0 Å². The molecule has 116 valence electrons. The molecule has 22 heavy (non-hydrogen) atoms. The van der Waals surface area contributed by atoms with E-state index in [0.717, 1.165) is 5.56 Å². The molecular weight excluding hydrogens is 286 g/mol. The van der Waals surface area contributed by atoms with Crippen molar-refractivity contribution in [2.75, 3.05) is 0 Å². The van der Waals surface area contributed by atoms with Crippen LogP contribution >= 0.6 is 0 Å². The van der Waals surface area contributed by atoms with E-state index in [-0.39, 0.29) is 35.2 Å². The number of fused-ring (bicyclic) bond motifs is 1. The van der Waals surface area contributed by atoms with Crippen molar-refractivity contribution in [3.8, 4) is 0 Å². The summed E-state index contributed by atoms with van der Waals surface area (Å²) in [5, 5.41) is 10.7. The highest BCUT2D eigenvalue weighted by molar-refractivity contribution is 5.95. The van der Waals surface area contributed by atoms with Gasteiger partial charge in [-0.15, -0.1) is 0 Å². The van der Waals surface area contributed by atoms with E-state index in [0.29, 0.717) is 0 Å². The molecule has 2 fully saturated rings. The third-order valence-corrected chi connectivity index (χ3v) is 4.86. The number of esters is 1. The highest BCUT2D eigenvalue weighted by Crippen LogP contribution is 2.67. The number of nitro groups is 1. The van der Waals surface area contributed by atoms with Crippen LogP contribution < -0.4 is 0 Å². The van der Waals surface area contributed by atoms with Gasteiger partial charge in [0, 0.05) is 36.8 Å². The Labute approximate surface area is 127 Å². The van der Waals surface area contributed by atoms with Crippen LogP contribution in [0.1, 0.15) is 32.3 Å². The second kappa shape index (κ2) is 4.63. The molecule has 2 aliphatic rings. The Balaban J connectivity index is 1.86. The smallest absolute Gasteiger partial charge is 0.302 e. The van der Waals surface area contributed by atoms with E-state index in [1.807, 2.05) is 13.8 Å². The van der Waals surface area contributed by atoms with Crippen LogP contribution in [0.4, 0.5) is 5.69 Å². The third kappa shape index (κ3) is 2.01. The first-order valence-corrected chi connectivity index (χ1v) is 7.21. The van der Waals surface area contributed by atoms with Crippen molar-refractivity contribution in [2.24, 2.45) is 17.3 Å². The van der Waals surface area contributed by atoms with E-state index in [9.17, 15) is 19.7 Å². The maximum atomic E-state index is 12.5. The molecule has 0 amide bonds. The summed E-state index contributed by atoms with van der Waals surface area (Å²) < 4.78 is 5.40. The first-order chi connectivity index (χ1) is 10.2. The lowest BCUT2D eigenvalue weighted by molar-refractivity contribution is -0.384. The molecule has 0 N–H and O–H groups in total. The number of ketones is 1. The summed E-state index contributed by atoms with van der Waals surface area (Å²) in [4.78, 5) is 34.1. The molecule has 0 aliphatic heterocycles. The molecule has 3 rings (SSSR count). The molecule has 0 bridgehead atoms. The van der Waals surface area contributed by atoms with Crippen molar-refractivity contribution in [1.29, 1.82) is 0 Å². The van der Waals surface area contributed by atoms with E-state index in [1.54, 1.807) is 12.1 Å². The SMILES string of the molecule is CC(=O)O[C@@H]1[C@H]2[C@@H](C(=O)C1(C)C)[C@@H]2c1ccc([N+](=O)[O-])cc1. The summed E-state index contributed by atoms with van der Waals surface area (Å²) in [6.45, 7) is 4.96. The molecule has 0 unspecified atom stereocenters. The number of benzene rings is 1. The molecule has 6 heteroatoms. The number of hydrogen-bond donors (Lipinski definition) is 0. The van der Waals surface area contributed by atoms with Crippen LogP contribution in [0.15, 0.2) is 24.3 Å². The number of nitro benzene ring substituents is 1. The van der Waals surface area contributed by atoms with Gasteiger partial charge in [0.15, 0.2) is 0 Å². The minimum atomic E-state index is -0.668. The van der Waals surface area contributed by atoms with Gasteiger partial charge < -0.3 is 4.74 Å². The summed E-state index contributed by atoms with van der Waals surface area (Å²) in [6, 6.07) is 6.26. The molecule has 1 aromatic carbocycles. The highest BCUT2D eigenvalue weighted by Gasteiger charge is 2.71. The van der Waals surface area contributed by atoms with E-state index in [4.69, 9.17) is 4.74 Å². The number of ether oxygens (including phenoxy) is 1. The Hall–Kier alpha value is -2.24. The van der Waals surface area contributed by atoms with Crippen molar-refractivity contribution in [3.05, 3.63) is 39.9 Å². The van der Waals surface area contributed by atoms with Crippen LogP contribution in [0.5, 0.6) is 0 Å². The Morgan fingerprint density at radius 3 is 2.32 bits per heavy atom. The van der Waals surface area contributed by atoms with Gasteiger partial charge in [-0.1, -0.05) is 12.1 Å². The molecule has 4 atom stereocenters. The average Bonchev–Trinajstić information content (AvgIpc) is 3.13. The van der Waals surface area contributed by atoms with Crippen LogP contribution in [0, 0.1) is 27.4 Å². The lowest BCUT2D eigenvalue weighted by atomic mass is 9.81. The average molecular weight is 303 g/mol. The van der Waals surface area contributed by atoms with Gasteiger partial charge in [-0.25, -0.2) is 0 Å². The molecule has 1 aromatic rings. The number of carbonyl (C=O) groups excluding carboxylic acids is 2. The van der Waals surface area contributed by atoms with Crippen LogP contribution in [0.25, 0.3) is 0 Å². The highest BCUT2D eigenvalue weighted by atomic mass is 16.6. The van der Waals surface area contributed by atoms with E-state index >= 15 is 0 Å². The second-order valence-electron chi connectivity index (χ2n) is 6.59. The number of nitrogens with zero attached hydrogens (tertiary/aromatic N) is 1. The number of carbonyl (C=O) groups is 2. The molecule has 6 nitrogen and oxygen atoms in total. The van der Waals surface area contributed by atoms with Crippen molar-refractivity contribution < 1.29 is 19.2 Å². The first-order valence-electron chi connectivity index (χ1n) is 7.21. The van der Waals surface area contributed by atoms with Crippen LogP contribution in [0.3, 0.4) is 0 Å². The zero-order chi connectivity index (χ0) is 16.2. The Bertz CT molecular complexity index is 664. The number of Topliss-reactive ketones (excluding diaryl/α,β-unsaturated/α-hetero) is 1. The van der Waals surface area contributed by atoms with Gasteiger partial charge in [-0.2, -0.15) is 0 Å². The Morgan fingerprint density at radius 2 is 1.82 bits per heavy atom. The molecular formula is C16H17NO5. The van der Waals surface area contributed by atoms with Crippen molar-refractivity contribution in [3.63, 3.8) is 0 Å². The molecule has 0 spiro atoms. The minimum absolute atomic E-state index is 0.00863. The summed E-state index contributed by atoms with van der Waals surface area (Å²) in [6.07, 6.45) is -0.428. The van der Waals surface area contributed by atoms with Gasteiger partial charge in [0.1, 0.15) is 11.9 Å². The lowest BCUT2D eigenvalue weighted by Crippen LogP contribution is -2.37. The van der Waals surface area contributed by atoms with Gasteiger partial charge in [0.05, 0.1) is 10.3 Å². The topological polar surface area (TPSA) is 86.5 Å². The Morgan fingerprint density at radius 1 is 1.23 bits per heavy atom. The third-order valence-electron chi connectivity index (χ3n) is 4.86. The zero-order valence-corrected chi connectivity index (χ0v) is 12.6. The summed E-state index contributed by atoms with van der Waals surface area (Å²) in [7, 11) is 0. The zero-order valence-electron chi connectivity index (χ0n) is 12.6. The van der Waals surface area contributed by atoms with E-state index in [1.165, 1.54) is 19.1 Å². The first kappa shape index (κ1) is 14.7. The number of rotatable bonds is 3. The minimum Gasteiger partial charge on any atom is -0.461 e. The van der Waals surface area contributed by atoms with E-state index in [2.05, 4.69) is 0 Å². The molecule has 0 heterocycles. The van der Waals surface area contributed by atoms with Crippen molar-refractivity contribution >= 4 is 17.4 Å². The maximum absolute atomic E-state index is 12.5. The fourth-order valence-electron chi connectivity index (χ4n) is 3.75. The quantitative estimate of drug-likeness (QED) is 0.486. The van der Waals surface area contributed by atoms with Gasteiger partial charge in [-0.3, -0.25) is 19.7 Å². The van der Waals surface area contributed by atoms with Crippen LogP contribution in [-0.2, 0) is 14.3 Å². The molecule has 0 radical (unpaired) electrons. The molecule has 0 saturated heterocycles. The lowest BCUT2D eigenvalue weighted by Gasteiger charge is -2.29. The fourth-order valence-corrected chi connectivity index (χ4v) is 3.75. The fraction of sp³-hybridized carbons (Fsp3) is 0.500. The molecule has 0 aromatic heterocycles. The second-order valence-corrected chi connectivity index (χ2v) is 6.59.